The van der Waals surface area contributed by atoms with E-state index in [1.54, 1.807) is 13.0 Å². The molecule has 1 aliphatic rings. The van der Waals surface area contributed by atoms with E-state index in [1.807, 2.05) is 4.90 Å². The second-order valence-electron chi connectivity index (χ2n) is 4.58. The number of carbonyl (C=O) groups excluding carboxylic acids is 1. The van der Waals surface area contributed by atoms with Crippen LogP contribution in [0.3, 0.4) is 0 Å². The van der Waals surface area contributed by atoms with Crippen LogP contribution < -0.4 is 10.0 Å². The largest absolute Gasteiger partial charge is 0.462 e. The average molecular weight is 314 g/mol. The Morgan fingerprint density at radius 3 is 2.57 bits per heavy atom. The highest BCUT2D eigenvalue weighted by molar-refractivity contribution is 7.89. The predicted octanol–water partition coefficient (Wildman–Crippen LogP) is 0.347. The van der Waals surface area contributed by atoms with Crippen molar-refractivity contribution in [1.82, 2.24) is 0 Å². The molecule has 0 spiro atoms. The lowest BCUT2D eigenvalue weighted by molar-refractivity contribution is 0.0526. The first kappa shape index (κ1) is 15.7. The minimum absolute atomic E-state index is 0.102. The minimum atomic E-state index is -3.90. The zero-order chi connectivity index (χ0) is 15.5. The lowest BCUT2D eigenvalue weighted by Gasteiger charge is -2.29. The van der Waals surface area contributed by atoms with Crippen LogP contribution in [-0.4, -0.2) is 47.3 Å². The van der Waals surface area contributed by atoms with E-state index >= 15 is 0 Å². The summed E-state index contributed by atoms with van der Waals surface area (Å²) in [6.45, 7) is 4.24. The van der Waals surface area contributed by atoms with Gasteiger partial charge in [0.25, 0.3) is 0 Å². The Morgan fingerprint density at radius 1 is 1.33 bits per heavy atom. The van der Waals surface area contributed by atoms with Gasteiger partial charge in [0.2, 0.25) is 10.0 Å². The third-order valence-corrected chi connectivity index (χ3v) is 4.00. The molecule has 116 valence electrons. The van der Waals surface area contributed by atoms with Gasteiger partial charge in [-0.25, -0.2) is 18.4 Å². The second kappa shape index (κ2) is 6.42. The maximum absolute atomic E-state index is 11.9. The number of nitrogens with two attached hydrogens (primary N) is 1. The van der Waals surface area contributed by atoms with Gasteiger partial charge in [-0.3, -0.25) is 0 Å². The molecule has 2 rings (SSSR count). The Hall–Kier alpha value is -1.64. The molecule has 1 aromatic rings. The molecule has 8 heteroatoms. The smallest absolute Gasteiger partial charge is 0.338 e. The minimum Gasteiger partial charge on any atom is -0.462 e. The Kier molecular flexibility index (Phi) is 4.81. The van der Waals surface area contributed by atoms with Crippen molar-refractivity contribution < 1.29 is 22.7 Å². The van der Waals surface area contributed by atoms with Crippen LogP contribution in [0.15, 0.2) is 23.1 Å². The van der Waals surface area contributed by atoms with Gasteiger partial charge in [0.05, 0.1) is 30.3 Å². The van der Waals surface area contributed by atoms with E-state index in [1.165, 1.54) is 12.1 Å². The molecule has 2 N–H and O–H groups in total. The van der Waals surface area contributed by atoms with Crippen molar-refractivity contribution >= 4 is 21.7 Å². The maximum atomic E-state index is 11.9. The fourth-order valence-electron chi connectivity index (χ4n) is 2.08. The van der Waals surface area contributed by atoms with Gasteiger partial charge in [0, 0.05) is 18.8 Å². The van der Waals surface area contributed by atoms with Gasteiger partial charge in [0.15, 0.2) is 0 Å². The lowest BCUT2D eigenvalue weighted by Crippen LogP contribution is -2.36. The Morgan fingerprint density at radius 2 is 2.00 bits per heavy atom. The number of ether oxygens (including phenoxy) is 2. The number of carbonyl (C=O) groups is 1. The van der Waals surface area contributed by atoms with Gasteiger partial charge >= 0.3 is 5.97 Å². The molecule has 1 heterocycles. The summed E-state index contributed by atoms with van der Waals surface area (Å²) in [4.78, 5) is 13.7. The Bertz CT molecular complexity index is 623. The third kappa shape index (κ3) is 3.93. The molecule has 0 bridgehead atoms. The monoisotopic (exact) mass is 314 g/mol. The summed E-state index contributed by atoms with van der Waals surface area (Å²) in [7, 11) is -3.90. The SMILES string of the molecule is CCOC(=O)c1cc(N2CCOCC2)cc(S(N)(=O)=O)c1. The molecule has 1 saturated heterocycles. The molecular weight excluding hydrogens is 296 g/mol. The molecular formula is C13H18N2O5S. The summed E-state index contributed by atoms with van der Waals surface area (Å²) in [6, 6.07) is 4.30. The van der Waals surface area contributed by atoms with Crippen LogP contribution in [0.4, 0.5) is 5.69 Å². The van der Waals surface area contributed by atoms with Crippen molar-refractivity contribution in [3.63, 3.8) is 0 Å². The zero-order valence-corrected chi connectivity index (χ0v) is 12.6. The quantitative estimate of drug-likeness (QED) is 0.805. The molecule has 0 aromatic heterocycles. The number of hydrogen-bond donors (Lipinski definition) is 1. The molecule has 21 heavy (non-hydrogen) atoms. The van der Waals surface area contributed by atoms with Crippen LogP contribution >= 0.6 is 0 Å². The molecule has 0 unspecified atom stereocenters. The van der Waals surface area contributed by atoms with E-state index in [9.17, 15) is 13.2 Å². The first-order chi connectivity index (χ1) is 9.91. The van der Waals surface area contributed by atoms with Crippen LogP contribution in [0.1, 0.15) is 17.3 Å². The van der Waals surface area contributed by atoms with Crippen LogP contribution in [0.5, 0.6) is 0 Å². The number of benzene rings is 1. The summed E-state index contributed by atoms with van der Waals surface area (Å²) < 4.78 is 33.3. The fourth-order valence-corrected chi connectivity index (χ4v) is 2.66. The predicted molar refractivity (Wildman–Crippen MR) is 76.8 cm³/mol. The number of hydrogen-bond acceptors (Lipinski definition) is 6. The summed E-state index contributed by atoms with van der Waals surface area (Å²) in [5, 5.41) is 5.18. The molecule has 0 atom stereocenters. The summed E-state index contributed by atoms with van der Waals surface area (Å²) >= 11 is 0. The van der Waals surface area contributed by atoms with Crippen molar-refractivity contribution in [2.75, 3.05) is 37.8 Å². The maximum Gasteiger partial charge on any atom is 0.338 e. The van der Waals surface area contributed by atoms with E-state index in [0.29, 0.717) is 32.0 Å². The van der Waals surface area contributed by atoms with Gasteiger partial charge in [0.1, 0.15) is 0 Å². The lowest BCUT2D eigenvalue weighted by atomic mass is 10.2. The highest BCUT2D eigenvalue weighted by Crippen LogP contribution is 2.23. The Labute approximate surface area is 123 Å². The van der Waals surface area contributed by atoms with Gasteiger partial charge in [-0.1, -0.05) is 0 Å². The van der Waals surface area contributed by atoms with E-state index < -0.39 is 16.0 Å². The van der Waals surface area contributed by atoms with Crippen LogP contribution in [0, 0.1) is 0 Å². The molecule has 1 aromatic carbocycles. The Balaban J connectivity index is 2.44. The van der Waals surface area contributed by atoms with E-state index in [2.05, 4.69) is 0 Å². The van der Waals surface area contributed by atoms with Crippen molar-refractivity contribution in [1.29, 1.82) is 0 Å². The van der Waals surface area contributed by atoms with Crippen LogP contribution in [0.2, 0.25) is 0 Å². The number of anilines is 1. The van der Waals surface area contributed by atoms with Gasteiger partial charge in [-0.05, 0) is 25.1 Å². The molecule has 0 radical (unpaired) electrons. The van der Waals surface area contributed by atoms with Crippen LogP contribution in [0.25, 0.3) is 0 Å². The molecule has 7 nitrogen and oxygen atoms in total. The molecule has 1 fully saturated rings. The number of primary sulfonamides is 1. The van der Waals surface area contributed by atoms with Crippen molar-refractivity contribution in [3.8, 4) is 0 Å². The number of morpholine rings is 1. The van der Waals surface area contributed by atoms with E-state index in [0.717, 1.165) is 0 Å². The van der Waals surface area contributed by atoms with Crippen LogP contribution in [-0.2, 0) is 19.5 Å². The highest BCUT2D eigenvalue weighted by Gasteiger charge is 2.19. The van der Waals surface area contributed by atoms with Crippen molar-refractivity contribution in [2.24, 2.45) is 5.14 Å². The number of esters is 1. The van der Waals surface area contributed by atoms with Gasteiger partial charge in [-0.15, -0.1) is 0 Å². The van der Waals surface area contributed by atoms with Gasteiger partial charge in [-0.2, -0.15) is 0 Å². The number of sulfonamides is 1. The first-order valence-corrected chi connectivity index (χ1v) is 8.14. The van der Waals surface area contributed by atoms with Crippen molar-refractivity contribution in [3.05, 3.63) is 23.8 Å². The van der Waals surface area contributed by atoms with Crippen molar-refractivity contribution in [2.45, 2.75) is 11.8 Å². The third-order valence-electron chi connectivity index (χ3n) is 3.11. The topological polar surface area (TPSA) is 98.9 Å². The average Bonchev–Trinajstić information content (AvgIpc) is 2.47. The summed E-state index contributed by atoms with van der Waals surface area (Å²) in [5.74, 6) is -0.572. The number of rotatable bonds is 4. The van der Waals surface area contributed by atoms with Gasteiger partial charge < -0.3 is 14.4 Å². The molecule has 0 amide bonds. The zero-order valence-electron chi connectivity index (χ0n) is 11.7. The summed E-state index contributed by atoms with van der Waals surface area (Å²) in [5.41, 5.74) is 0.790. The number of nitrogens with zero attached hydrogens (tertiary/aromatic N) is 1. The van der Waals surface area contributed by atoms with E-state index in [-0.39, 0.29) is 17.1 Å². The normalized spacial score (nSPS) is 15.8. The molecule has 1 aliphatic heterocycles. The summed E-state index contributed by atoms with van der Waals surface area (Å²) in [6.07, 6.45) is 0. The molecule has 0 saturated carbocycles. The fraction of sp³-hybridized carbons (Fsp3) is 0.462. The second-order valence-corrected chi connectivity index (χ2v) is 6.14. The highest BCUT2D eigenvalue weighted by atomic mass is 32.2. The van der Waals surface area contributed by atoms with E-state index in [4.69, 9.17) is 14.6 Å². The standard InChI is InChI=1S/C13H18N2O5S/c1-2-20-13(16)10-7-11(15-3-5-19-6-4-15)9-12(8-10)21(14,17)18/h7-9H,2-6H2,1H3,(H2,14,17,18). The molecule has 0 aliphatic carbocycles. The first-order valence-electron chi connectivity index (χ1n) is 6.59.